The number of carboxylic acids is 1. The van der Waals surface area contributed by atoms with E-state index in [1.165, 1.54) is 24.3 Å². The highest BCUT2D eigenvalue weighted by molar-refractivity contribution is 9.10. The summed E-state index contributed by atoms with van der Waals surface area (Å²) in [6, 6.07) is 8.81. The van der Waals surface area contributed by atoms with E-state index in [0.717, 1.165) is 4.47 Å². The molecule has 0 bridgehead atoms. The van der Waals surface area contributed by atoms with Crippen LogP contribution in [0.1, 0.15) is 5.56 Å². The molecule has 2 unspecified atom stereocenters. The summed E-state index contributed by atoms with van der Waals surface area (Å²) in [5, 5.41) is 8.33. The molecular weight excluding hydrogens is 483 g/mol. The van der Waals surface area contributed by atoms with Crippen LogP contribution in [0.25, 0.3) is 0 Å². The van der Waals surface area contributed by atoms with Gasteiger partial charge in [-0.25, -0.2) is 13.2 Å². The normalized spacial score (nSPS) is 19.7. The summed E-state index contributed by atoms with van der Waals surface area (Å²) in [5.74, 6) is -3.88. The molecule has 0 saturated carbocycles. The number of carbonyl (C=O) groups is 1. The molecule has 1 aliphatic rings. The molecule has 2 atom stereocenters. The zero-order valence-corrected chi connectivity index (χ0v) is 17.7. The van der Waals surface area contributed by atoms with Gasteiger partial charge in [0.25, 0.3) is 0 Å². The third-order valence-corrected chi connectivity index (χ3v) is 7.37. The Bertz CT molecular complexity index is 1010. The molecule has 0 saturated heterocycles. The fraction of sp³-hybridized carbons (Fsp3) is 0.235. The summed E-state index contributed by atoms with van der Waals surface area (Å²) in [7, 11) is -3.85. The maximum Gasteiger partial charge on any atom is 0.392 e. The molecule has 1 N–H and O–H groups in total. The zero-order chi connectivity index (χ0) is 20.0. The molecule has 0 aromatic heterocycles. The van der Waals surface area contributed by atoms with Crippen LogP contribution in [-0.2, 0) is 14.6 Å². The van der Waals surface area contributed by atoms with Crippen LogP contribution in [0.2, 0.25) is 0 Å². The molecule has 0 spiro atoms. The second-order valence-corrected chi connectivity index (χ2v) is 9.49. The van der Waals surface area contributed by atoms with E-state index in [9.17, 15) is 18.3 Å². The van der Waals surface area contributed by atoms with Gasteiger partial charge in [-0.15, -0.1) is 23.2 Å². The van der Waals surface area contributed by atoms with Crippen molar-refractivity contribution in [2.45, 2.75) is 27.9 Å². The molecular formula is C17H13BrCl2O6S. The predicted octanol–water partition coefficient (Wildman–Crippen LogP) is 3.99. The highest BCUT2D eigenvalue weighted by Gasteiger charge is 2.55. The van der Waals surface area contributed by atoms with Gasteiger partial charge in [0.1, 0.15) is 5.38 Å². The van der Waals surface area contributed by atoms with Crippen molar-refractivity contribution in [2.24, 2.45) is 0 Å². The Morgan fingerprint density at radius 1 is 1.22 bits per heavy atom. The van der Waals surface area contributed by atoms with Crippen LogP contribution in [0.3, 0.4) is 0 Å². The topological polar surface area (TPSA) is 89.9 Å². The number of hydrogen-bond donors (Lipinski definition) is 1. The number of carboxylic acid groups (broad SMARTS) is 1. The van der Waals surface area contributed by atoms with E-state index < -0.39 is 27.0 Å². The van der Waals surface area contributed by atoms with Gasteiger partial charge in [0.15, 0.2) is 11.5 Å². The summed E-state index contributed by atoms with van der Waals surface area (Å²) in [6.45, 7) is 1.58. The minimum Gasteiger partial charge on any atom is -0.475 e. The average Bonchev–Trinajstić information content (AvgIpc) is 3.00. The molecule has 144 valence electrons. The van der Waals surface area contributed by atoms with Gasteiger partial charge in [0.2, 0.25) is 9.84 Å². The van der Waals surface area contributed by atoms with E-state index in [2.05, 4.69) is 15.9 Å². The second-order valence-electron chi connectivity index (χ2n) is 5.82. The maximum absolute atomic E-state index is 13.0. The Hall–Kier alpha value is -1.48. The number of benzene rings is 2. The zero-order valence-electron chi connectivity index (χ0n) is 13.8. The number of ether oxygens (including phenoxy) is 2. The summed E-state index contributed by atoms with van der Waals surface area (Å²) in [5.41, 5.74) is 0.374. The van der Waals surface area contributed by atoms with Crippen molar-refractivity contribution in [1.29, 1.82) is 0 Å². The minimum absolute atomic E-state index is 0.0228. The van der Waals surface area contributed by atoms with E-state index in [1.807, 2.05) is 0 Å². The largest absolute Gasteiger partial charge is 0.475 e. The van der Waals surface area contributed by atoms with Gasteiger partial charge in [0, 0.05) is 16.4 Å². The van der Waals surface area contributed by atoms with Gasteiger partial charge in [-0.05, 0) is 42.8 Å². The highest BCUT2D eigenvalue weighted by atomic mass is 79.9. The Kier molecular flexibility index (Phi) is 5.37. The van der Waals surface area contributed by atoms with Crippen molar-refractivity contribution >= 4 is 54.9 Å². The van der Waals surface area contributed by atoms with Crippen molar-refractivity contribution in [1.82, 2.24) is 0 Å². The standard InChI is InChI=1S/C17H13BrCl2O6S/c1-9-6-12-13(26-17(25-12,16(21)22)15(20)8-19)7-14(9)27(23,24)11-4-2-10(18)3-5-11/h2-7,15H,8H2,1H3,(H,21,22). The van der Waals surface area contributed by atoms with Gasteiger partial charge in [0.05, 0.1) is 9.79 Å². The SMILES string of the molecule is Cc1cc2c(cc1S(=O)(=O)c1ccc(Br)cc1)OC(C(=O)O)(C(Cl)CCl)O2. The first-order chi connectivity index (χ1) is 12.6. The average molecular weight is 496 g/mol. The highest BCUT2D eigenvalue weighted by Crippen LogP contribution is 2.45. The summed E-state index contributed by atoms with van der Waals surface area (Å²) >= 11 is 14.9. The quantitative estimate of drug-likeness (QED) is 0.631. The monoisotopic (exact) mass is 494 g/mol. The van der Waals surface area contributed by atoms with Gasteiger partial charge in [-0.1, -0.05) is 15.9 Å². The van der Waals surface area contributed by atoms with E-state index in [0.29, 0.717) is 5.56 Å². The number of sulfone groups is 1. The van der Waals surface area contributed by atoms with E-state index in [1.54, 1.807) is 19.1 Å². The molecule has 6 nitrogen and oxygen atoms in total. The van der Waals surface area contributed by atoms with Crippen molar-refractivity contribution < 1.29 is 27.8 Å². The smallest absolute Gasteiger partial charge is 0.392 e. The summed E-state index contributed by atoms with van der Waals surface area (Å²) in [6.07, 6.45) is 0. The Labute approximate surface area is 174 Å². The number of alkyl halides is 2. The number of halogens is 3. The number of rotatable bonds is 5. The van der Waals surface area contributed by atoms with Crippen LogP contribution in [0.5, 0.6) is 11.5 Å². The van der Waals surface area contributed by atoms with E-state index >= 15 is 0 Å². The summed E-state index contributed by atoms with van der Waals surface area (Å²) in [4.78, 5) is 11.8. The van der Waals surface area contributed by atoms with Crippen LogP contribution in [0.15, 0.2) is 50.7 Å². The van der Waals surface area contributed by atoms with Crippen molar-refractivity contribution in [3.63, 3.8) is 0 Å². The van der Waals surface area contributed by atoms with Gasteiger partial charge in [-0.3, -0.25) is 0 Å². The molecule has 1 heterocycles. The van der Waals surface area contributed by atoms with Gasteiger partial charge < -0.3 is 14.6 Å². The lowest BCUT2D eigenvalue weighted by molar-refractivity contribution is -0.176. The second kappa shape index (κ2) is 7.16. The van der Waals surface area contributed by atoms with Crippen molar-refractivity contribution in [2.75, 3.05) is 5.88 Å². The van der Waals surface area contributed by atoms with Gasteiger partial charge in [-0.2, -0.15) is 0 Å². The minimum atomic E-state index is -3.85. The molecule has 3 rings (SSSR count). The number of aliphatic carboxylic acids is 1. The molecule has 10 heteroatoms. The molecule has 27 heavy (non-hydrogen) atoms. The first-order valence-corrected chi connectivity index (χ1v) is 10.8. The molecule has 2 aromatic carbocycles. The summed E-state index contributed by atoms with van der Waals surface area (Å²) < 4.78 is 37.6. The maximum atomic E-state index is 13.0. The lowest BCUT2D eigenvalue weighted by Crippen LogP contribution is -2.55. The Morgan fingerprint density at radius 2 is 1.78 bits per heavy atom. The van der Waals surface area contributed by atoms with Crippen LogP contribution in [-0.4, -0.2) is 36.5 Å². The van der Waals surface area contributed by atoms with Crippen molar-refractivity contribution in [3.8, 4) is 11.5 Å². The third-order valence-electron chi connectivity index (χ3n) is 4.02. The Balaban J connectivity index is 2.08. The first kappa shape index (κ1) is 20.3. The molecule has 1 aliphatic heterocycles. The van der Waals surface area contributed by atoms with E-state index in [4.69, 9.17) is 32.7 Å². The van der Waals surface area contributed by atoms with Crippen LogP contribution in [0.4, 0.5) is 0 Å². The first-order valence-electron chi connectivity index (χ1n) is 7.58. The van der Waals surface area contributed by atoms with E-state index in [-0.39, 0.29) is 27.2 Å². The molecule has 0 radical (unpaired) electrons. The van der Waals surface area contributed by atoms with Crippen LogP contribution < -0.4 is 9.47 Å². The number of fused-ring (bicyclic) bond motifs is 1. The van der Waals surface area contributed by atoms with Crippen molar-refractivity contribution in [3.05, 3.63) is 46.4 Å². The number of hydrogen-bond acceptors (Lipinski definition) is 5. The molecule has 0 amide bonds. The molecule has 0 aliphatic carbocycles. The molecule has 0 fully saturated rings. The number of aryl methyl sites for hydroxylation is 1. The molecule has 2 aromatic rings. The predicted molar refractivity (Wildman–Crippen MR) is 103 cm³/mol. The van der Waals surface area contributed by atoms with Crippen LogP contribution in [0, 0.1) is 6.92 Å². The third kappa shape index (κ3) is 3.40. The lowest BCUT2D eigenvalue weighted by atomic mass is 10.2. The Morgan fingerprint density at radius 3 is 2.30 bits per heavy atom. The lowest BCUT2D eigenvalue weighted by Gasteiger charge is -2.25. The fourth-order valence-electron chi connectivity index (χ4n) is 2.63. The fourth-order valence-corrected chi connectivity index (χ4v) is 4.77. The van der Waals surface area contributed by atoms with Gasteiger partial charge >= 0.3 is 11.8 Å². The van der Waals surface area contributed by atoms with Crippen LogP contribution >= 0.6 is 39.1 Å².